The van der Waals surface area contributed by atoms with Gasteiger partial charge in [0.15, 0.2) is 0 Å². The number of amides is 1. The molecule has 0 spiro atoms. The van der Waals surface area contributed by atoms with Crippen LogP contribution in [0.25, 0.3) is 10.9 Å². The highest BCUT2D eigenvalue weighted by Gasteiger charge is 2.26. The molecule has 2 aromatic rings. The van der Waals surface area contributed by atoms with Crippen molar-refractivity contribution in [1.82, 2.24) is 15.6 Å². The Hall–Kier alpha value is -1.94. The monoisotopic (exact) mass is 283 g/mol. The lowest BCUT2D eigenvalue weighted by atomic mass is 10.1. The van der Waals surface area contributed by atoms with Gasteiger partial charge in [-0.2, -0.15) is 0 Å². The van der Waals surface area contributed by atoms with E-state index in [9.17, 15) is 4.79 Å². The van der Waals surface area contributed by atoms with Crippen molar-refractivity contribution in [2.45, 2.75) is 25.2 Å². The van der Waals surface area contributed by atoms with Crippen LogP contribution in [0.5, 0.6) is 0 Å². The lowest BCUT2D eigenvalue weighted by Crippen LogP contribution is -2.27. The third-order valence-corrected chi connectivity index (χ3v) is 3.87. The summed E-state index contributed by atoms with van der Waals surface area (Å²) in [6, 6.07) is 9.87. The molecule has 0 saturated heterocycles. The van der Waals surface area contributed by atoms with E-state index in [2.05, 4.69) is 10.6 Å². The molecule has 1 aliphatic carbocycles. The number of benzene rings is 1. The van der Waals surface area contributed by atoms with Crippen LogP contribution in [0.3, 0.4) is 0 Å². The van der Waals surface area contributed by atoms with E-state index in [0.717, 1.165) is 35.1 Å². The molecule has 1 heterocycles. The predicted molar refractivity (Wildman–Crippen MR) is 84.6 cm³/mol. The van der Waals surface area contributed by atoms with Crippen LogP contribution in [-0.2, 0) is 0 Å². The quantitative estimate of drug-likeness (QED) is 0.801. The van der Waals surface area contributed by atoms with E-state index in [4.69, 9.17) is 4.98 Å². The van der Waals surface area contributed by atoms with Crippen molar-refractivity contribution < 1.29 is 4.79 Å². The molecule has 0 radical (unpaired) electrons. The normalized spacial score (nSPS) is 14.3. The van der Waals surface area contributed by atoms with E-state index < -0.39 is 0 Å². The third-order valence-electron chi connectivity index (χ3n) is 3.87. The molecule has 0 bridgehead atoms. The molecule has 1 fully saturated rings. The SMILES string of the molecule is CNCCCNC(=O)c1cc(C2CC2)nc2ccccc12. The van der Waals surface area contributed by atoms with Gasteiger partial charge in [-0.25, -0.2) is 0 Å². The highest BCUT2D eigenvalue weighted by Crippen LogP contribution is 2.40. The van der Waals surface area contributed by atoms with Gasteiger partial charge in [-0.1, -0.05) is 18.2 Å². The van der Waals surface area contributed by atoms with Gasteiger partial charge in [0, 0.05) is 23.5 Å². The summed E-state index contributed by atoms with van der Waals surface area (Å²) in [5.74, 6) is 0.553. The molecule has 1 saturated carbocycles. The second-order valence-corrected chi connectivity index (χ2v) is 5.60. The zero-order chi connectivity index (χ0) is 14.7. The number of para-hydroxylation sites is 1. The van der Waals surface area contributed by atoms with Gasteiger partial charge < -0.3 is 10.6 Å². The van der Waals surface area contributed by atoms with Crippen LogP contribution in [0.1, 0.15) is 41.2 Å². The van der Waals surface area contributed by atoms with Gasteiger partial charge in [0.2, 0.25) is 0 Å². The molecule has 3 rings (SSSR count). The predicted octanol–water partition coefficient (Wildman–Crippen LogP) is 2.45. The Bertz CT molecular complexity index is 650. The number of carbonyl (C=O) groups excluding carboxylic acids is 1. The topological polar surface area (TPSA) is 54.0 Å². The summed E-state index contributed by atoms with van der Waals surface area (Å²) in [6.07, 6.45) is 3.31. The number of pyridine rings is 1. The average Bonchev–Trinajstić information content (AvgIpc) is 3.35. The number of hydrogen-bond acceptors (Lipinski definition) is 3. The van der Waals surface area contributed by atoms with Crippen LogP contribution >= 0.6 is 0 Å². The van der Waals surface area contributed by atoms with E-state index >= 15 is 0 Å². The van der Waals surface area contributed by atoms with Crippen molar-refractivity contribution in [2.24, 2.45) is 0 Å². The number of nitrogens with zero attached hydrogens (tertiary/aromatic N) is 1. The van der Waals surface area contributed by atoms with Crippen molar-refractivity contribution in [1.29, 1.82) is 0 Å². The van der Waals surface area contributed by atoms with Crippen molar-refractivity contribution in [2.75, 3.05) is 20.1 Å². The number of aromatic nitrogens is 1. The number of rotatable bonds is 6. The molecular weight excluding hydrogens is 262 g/mol. The Morgan fingerprint density at radius 2 is 2.10 bits per heavy atom. The highest BCUT2D eigenvalue weighted by molar-refractivity contribution is 6.06. The minimum atomic E-state index is 0.00611. The van der Waals surface area contributed by atoms with Crippen molar-refractivity contribution in [3.8, 4) is 0 Å². The minimum Gasteiger partial charge on any atom is -0.352 e. The second-order valence-electron chi connectivity index (χ2n) is 5.60. The number of hydrogen-bond donors (Lipinski definition) is 2. The van der Waals surface area contributed by atoms with Gasteiger partial charge in [-0.15, -0.1) is 0 Å². The summed E-state index contributed by atoms with van der Waals surface area (Å²) in [5.41, 5.74) is 2.74. The molecule has 1 aromatic heterocycles. The Morgan fingerprint density at radius 1 is 1.29 bits per heavy atom. The molecule has 0 aliphatic heterocycles. The Kier molecular flexibility index (Phi) is 4.15. The molecule has 4 heteroatoms. The fourth-order valence-electron chi connectivity index (χ4n) is 2.53. The smallest absolute Gasteiger partial charge is 0.252 e. The lowest BCUT2D eigenvalue weighted by molar-refractivity contribution is 0.0955. The van der Waals surface area contributed by atoms with Gasteiger partial charge in [0.1, 0.15) is 0 Å². The van der Waals surface area contributed by atoms with E-state index in [0.29, 0.717) is 12.5 Å². The van der Waals surface area contributed by atoms with Gasteiger partial charge in [-0.3, -0.25) is 9.78 Å². The first-order valence-electron chi connectivity index (χ1n) is 7.62. The Labute approximate surface area is 125 Å². The first-order valence-corrected chi connectivity index (χ1v) is 7.62. The second kappa shape index (κ2) is 6.22. The molecule has 0 atom stereocenters. The fraction of sp³-hybridized carbons (Fsp3) is 0.412. The van der Waals surface area contributed by atoms with Gasteiger partial charge in [0.25, 0.3) is 5.91 Å². The maximum absolute atomic E-state index is 12.5. The van der Waals surface area contributed by atoms with Gasteiger partial charge in [-0.05, 0) is 45.0 Å². The van der Waals surface area contributed by atoms with Crippen molar-refractivity contribution in [3.05, 3.63) is 41.6 Å². The number of carbonyl (C=O) groups is 1. The maximum atomic E-state index is 12.5. The van der Waals surface area contributed by atoms with E-state index in [-0.39, 0.29) is 5.91 Å². The molecule has 2 N–H and O–H groups in total. The third kappa shape index (κ3) is 3.22. The molecule has 1 aromatic carbocycles. The maximum Gasteiger partial charge on any atom is 0.252 e. The average molecular weight is 283 g/mol. The summed E-state index contributed by atoms with van der Waals surface area (Å²) in [7, 11) is 1.92. The summed E-state index contributed by atoms with van der Waals surface area (Å²) >= 11 is 0. The molecule has 110 valence electrons. The molecule has 1 aliphatic rings. The summed E-state index contributed by atoms with van der Waals surface area (Å²) in [5, 5.41) is 7.03. The molecule has 4 nitrogen and oxygen atoms in total. The Balaban J connectivity index is 1.86. The zero-order valence-electron chi connectivity index (χ0n) is 12.4. The molecule has 0 unspecified atom stereocenters. The molecular formula is C17H21N3O. The van der Waals surface area contributed by atoms with Crippen LogP contribution < -0.4 is 10.6 Å². The van der Waals surface area contributed by atoms with Crippen LogP contribution in [0.4, 0.5) is 0 Å². The fourth-order valence-corrected chi connectivity index (χ4v) is 2.53. The molecule has 21 heavy (non-hydrogen) atoms. The van der Waals surface area contributed by atoms with Crippen LogP contribution in [0, 0.1) is 0 Å². The van der Waals surface area contributed by atoms with Crippen LogP contribution in [-0.4, -0.2) is 31.0 Å². The lowest BCUT2D eigenvalue weighted by Gasteiger charge is -2.10. The minimum absolute atomic E-state index is 0.00611. The van der Waals surface area contributed by atoms with Crippen LogP contribution in [0.15, 0.2) is 30.3 Å². The van der Waals surface area contributed by atoms with E-state index in [1.165, 1.54) is 12.8 Å². The standard InChI is InChI=1S/C17H21N3O/c1-18-9-4-10-19-17(21)14-11-16(12-7-8-12)20-15-6-3-2-5-13(14)15/h2-3,5-6,11-12,18H,4,7-10H2,1H3,(H,19,21). The Morgan fingerprint density at radius 3 is 2.86 bits per heavy atom. The van der Waals surface area contributed by atoms with Crippen molar-refractivity contribution in [3.63, 3.8) is 0 Å². The zero-order valence-corrected chi connectivity index (χ0v) is 12.4. The first kappa shape index (κ1) is 14.0. The van der Waals surface area contributed by atoms with E-state index in [1.807, 2.05) is 37.4 Å². The number of fused-ring (bicyclic) bond motifs is 1. The first-order chi connectivity index (χ1) is 10.3. The summed E-state index contributed by atoms with van der Waals surface area (Å²) in [4.78, 5) is 17.2. The van der Waals surface area contributed by atoms with Crippen LogP contribution in [0.2, 0.25) is 0 Å². The van der Waals surface area contributed by atoms with Crippen molar-refractivity contribution >= 4 is 16.8 Å². The summed E-state index contributed by atoms with van der Waals surface area (Å²) in [6.45, 7) is 1.60. The highest BCUT2D eigenvalue weighted by atomic mass is 16.1. The largest absolute Gasteiger partial charge is 0.352 e. The summed E-state index contributed by atoms with van der Waals surface area (Å²) < 4.78 is 0. The van der Waals surface area contributed by atoms with E-state index in [1.54, 1.807) is 0 Å². The van der Waals surface area contributed by atoms with Gasteiger partial charge in [0.05, 0.1) is 11.1 Å². The van der Waals surface area contributed by atoms with Gasteiger partial charge >= 0.3 is 0 Å². The number of nitrogens with one attached hydrogen (secondary N) is 2. The molecule has 1 amide bonds.